The molecular formula is C11H22N4. The molecule has 1 rings (SSSR count). The van der Waals surface area contributed by atoms with Crippen LogP contribution in [0.3, 0.4) is 0 Å². The van der Waals surface area contributed by atoms with Crippen LogP contribution in [-0.4, -0.2) is 9.78 Å². The van der Waals surface area contributed by atoms with Gasteiger partial charge in [0, 0.05) is 7.05 Å². The molecule has 15 heavy (non-hydrogen) atoms. The van der Waals surface area contributed by atoms with Crippen molar-refractivity contribution in [3.05, 3.63) is 17.5 Å². The fourth-order valence-corrected chi connectivity index (χ4v) is 2.14. The second-order valence-corrected chi connectivity index (χ2v) is 4.06. The molecule has 1 aromatic rings. The summed E-state index contributed by atoms with van der Waals surface area (Å²) in [7, 11) is 1.97. The van der Waals surface area contributed by atoms with Gasteiger partial charge in [0.15, 0.2) is 0 Å². The van der Waals surface area contributed by atoms with E-state index in [0.717, 1.165) is 18.5 Å². The number of hydrogen-bond acceptors (Lipinski definition) is 3. The minimum atomic E-state index is 0.200. The molecule has 0 aliphatic heterocycles. The maximum atomic E-state index is 5.64. The molecule has 0 radical (unpaired) electrons. The summed E-state index contributed by atoms with van der Waals surface area (Å²) in [5.74, 6) is 6.20. The molecule has 0 amide bonds. The largest absolute Gasteiger partial charge is 0.271 e. The fourth-order valence-electron chi connectivity index (χ4n) is 2.14. The van der Waals surface area contributed by atoms with Crippen molar-refractivity contribution >= 4 is 0 Å². The fraction of sp³-hybridized carbons (Fsp3) is 0.727. The maximum absolute atomic E-state index is 5.64. The van der Waals surface area contributed by atoms with Crippen LogP contribution in [0, 0.1) is 12.8 Å². The number of hydrogen-bond donors (Lipinski definition) is 2. The third-order valence-electron chi connectivity index (χ3n) is 3.06. The van der Waals surface area contributed by atoms with Crippen molar-refractivity contribution in [3.8, 4) is 0 Å². The predicted octanol–water partition coefficient (Wildman–Crippen LogP) is 1.67. The van der Waals surface area contributed by atoms with Gasteiger partial charge in [-0.1, -0.05) is 26.7 Å². The van der Waals surface area contributed by atoms with Gasteiger partial charge in [0.2, 0.25) is 0 Å². The van der Waals surface area contributed by atoms with Gasteiger partial charge in [-0.3, -0.25) is 16.0 Å². The number of nitrogens with one attached hydrogen (secondary N) is 1. The van der Waals surface area contributed by atoms with Gasteiger partial charge in [0.05, 0.1) is 17.4 Å². The molecular weight excluding hydrogens is 188 g/mol. The Kier molecular flexibility index (Phi) is 4.29. The highest BCUT2D eigenvalue weighted by atomic mass is 15.3. The molecule has 0 bridgehead atoms. The second kappa shape index (κ2) is 5.28. The first-order valence-electron chi connectivity index (χ1n) is 5.60. The summed E-state index contributed by atoms with van der Waals surface area (Å²) in [5, 5.41) is 4.35. The molecule has 3 N–H and O–H groups in total. The quantitative estimate of drug-likeness (QED) is 0.574. The molecule has 0 aliphatic carbocycles. The first kappa shape index (κ1) is 12.2. The highest BCUT2D eigenvalue weighted by Crippen LogP contribution is 2.26. The number of aryl methyl sites for hydroxylation is 2. The maximum Gasteiger partial charge on any atom is 0.0656 e. The summed E-state index contributed by atoms with van der Waals surface area (Å²) < 4.78 is 1.91. The number of hydrazine groups is 1. The Morgan fingerprint density at radius 1 is 1.47 bits per heavy atom. The van der Waals surface area contributed by atoms with Gasteiger partial charge >= 0.3 is 0 Å². The molecule has 1 unspecified atom stereocenters. The monoisotopic (exact) mass is 210 g/mol. The SMILES string of the molecule is CCC(CC)C(NN)c1cc(C)nn1C. The molecule has 86 valence electrons. The van der Waals surface area contributed by atoms with Crippen molar-refractivity contribution in [2.75, 3.05) is 0 Å². The standard InChI is InChI=1S/C11H22N4/c1-5-9(6-2)11(13-12)10-7-8(3)14-15(10)4/h7,9,11,13H,5-6,12H2,1-4H3. The van der Waals surface area contributed by atoms with Crippen LogP contribution in [0.4, 0.5) is 0 Å². The zero-order valence-corrected chi connectivity index (χ0v) is 10.1. The number of nitrogens with two attached hydrogens (primary N) is 1. The summed E-state index contributed by atoms with van der Waals surface area (Å²) in [5.41, 5.74) is 5.12. The van der Waals surface area contributed by atoms with Crippen LogP contribution in [-0.2, 0) is 7.05 Å². The molecule has 0 saturated heterocycles. The minimum Gasteiger partial charge on any atom is -0.271 e. The molecule has 0 spiro atoms. The van der Waals surface area contributed by atoms with Crippen molar-refractivity contribution < 1.29 is 0 Å². The van der Waals surface area contributed by atoms with Crippen molar-refractivity contribution in [2.24, 2.45) is 18.8 Å². The molecule has 0 aromatic carbocycles. The van der Waals surface area contributed by atoms with E-state index < -0.39 is 0 Å². The van der Waals surface area contributed by atoms with Gasteiger partial charge in [-0.25, -0.2) is 0 Å². The molecule has 0 saturated carbocycles. The summed E-state index contributed by atoms with van der Waals surface area (Å²) in [6.45, 7) is 6.40. The van der Waals surface area contributed by atoms with Crippen molar-refractivity contribution in [2.45, 2.75) is 39.7 Å². The summed E-state index contributed by atoms with van der Waals surface area (Å²) >= 11 is 0. The number of nitrogens with zero attached hydrogens (tertiary/aromatic N) is 2. The van der Waals surface area contributed by atoms with Crippen LogP contribution in [0.25, 0.3) is 0 Å². The average molecular weight is 210 g/mol. The van der Waals surface area contributed by atoms with E-state index in [9.17, 15) is 0 Å². The first-order chi connectivity index (χ1) is 7.13. The Morgan fingerprint density at radius 3 is 2.40 bits per heavy atom. The third-order valence-corrected chi connectivity index (χ3v) is 3.06. The lowest BCUT2D eigenvalue weighted by atomic mass is 9.92. The Labute approximate surface area is 91.8 Å². The Hall–Kier alpha value is -0.870. The van der Waals surface area contributed by atoms with E-state index >= 15 is 0 Å². The van der Waals surface area contributed by atoms with E-state index in [2.05, 4.69) is 30.4 Å². The minimum absolute atomic E-state index is 0.200. The van der Waals surface area contributed by atoms with Crippen molar-refractivity contribution in [3.63, 3.8) is 0 Å². The van der Waals surface area contributed by atoms with Gasteiger partial charge < -0.3 is 0 Å². The van der Waals surface area contributed by atoms with Gasteiger partial charge in [0.25, 0.3) is 0 Å². The molecule has 0 fully saturated rings. The molecule has 1 heterocycles. The van der Waals surface area contributed by atoms with E-state index in [1.54, 1.807) is 0 Å². The topological polar surface area (TPSA) is 55.9 Å². The highest BCUT2D eigenvalue weighted by Gasteiger charge is 2.22. The number of rotatable bonds is 5. The van der Waals surface area contributed by atoms with Crippen LogP contribution in [0.15, 0.2) is 6.07 Å². The number of aromatic nitrogens is 2. The molecule has 1 aromatic heterocycles. The lowest BCUT2D eigenvalue weighted by molar-refractivity contribution is 0.330. The molecule has 4 nitrogen and oxygen atoms in total. The Bertz CT molecular complexity index is 302. The average Bonchev–Trinajstić information content (AvgIpc) is 2.54. The first-order valence-corrected chi connectivity index (χ1v) is 5.60. The molecule has 1 atom stereocenters. The van der Waals surface area contributed by atoms with E-state index in [0.29, 0.717) is 5.92 Å². The highest BCUT2D eigenvalue weighted by molar-refractivity contribution is 5.13. The van der Waals surface area contributed by atoms with E-state index in [-0.39, 0.29) is 6.04 Å². The Morgan fingerprint density at radius 2 is 2.07 bits per heavy atom. The van der Waals surface area contributed by atoms with Gasteiger partial charge in [-0.05, 0) is 18.9 Å². The second-order valence-electron chi connectivity index (χ2n) is 4.06. The van der Waals surface area contributed by atoms with Crippen molar-refractivity contribution in [1.29, 1.82) is 0 Å². The third kappa shape index (κ3) is 2.58. The van der Waals surface area contributed by atoms with Gasteiger partial charge in [-0.15, -0.1) is 0 Å². The zero-order valence-electron chi connectivity index (χ0n) is 10.1. The summed E-state index contributed by atoms with van der Waals surface area (Å²) in [6.07, 6.45) is 2.24. The zero-order chi connectivity index (χ0) is 11.4. The van der Waals surface area contributed by atoms with Crippen LogP contribution in [0.1, 0.15) is 44.1 Å². The summed E-state index contributed by atoms with van der Waals surface area (Å²) in [4.78, 5) is 0. The smallest absolute Gasteiger partial charge is 0.0656 e. The van der Waals surface area contributed by atoms with Crippen LogP contribution in [0.5, 0.6) is 0 Å². The molecule has 4 heteroatoms. The lowest BCUT2D eigenvalue weighted by Gasteiger charge is -2.24. The summed E-state index contributed by atoms with van der Waals surface area (Å²) in [6, 6.07) is 2.30. The van der Waals surface area contributed by atoms with Crippen LogP contribution < -0.4 is 11.3 Å². The van der Waals surface area contributed by atoms with Gasteiger partial charge in [0.1, 0.15) is 0 Å². The normalized spacial score (nSPS) is 13.5. The lowest BCUT2D eigenvalue weighted by Crippen LogP contribution is -2.34. The Balaban J connectivity index is 2.95. The van der Waals surface area contributed by atoms with Gasteiger partial charge in [-0.2, -0.15) is 5.10 Å². The van der Waals surface area contributed by atoms with E-state index in [1.165, 1.54) is 5.69 Å². The van der Waals surface area contributed by atoms with E-state index in [1.807, 2.05) is 18.7 Å². The van der Waals surface area contributed by atoms with E-state index in [4.69, 9.17) is 5.84 Å². The van der Waals surface area contributed by atoms with Crippen LogP contribution in [0.2, 0.25) is 0 Å². The predicted molar refractivity (Wildman–Crippen MR) is 62.1 cm³/mol. The van der Waals surface area contributed by atoms with Crippen LogP contribution >= 0.6 is 0 Å². The van der Waals surface area contributed by atoms with Crippen molar-refractivity contribution in [1.82, 2.24) is 15.2 Å². The molecule has 0 aliphatic rings.